The van der Waals surface area contributed by atoms with Crippen molar-refractivity contribution in [3.8, 4) is 0 Å². The maximum Gasteiger partial charge on any atom is 0.0935 e. The summed E-state index contributed by atoms with van der Waals surface area (Å²) in [6, 6.07) is 12.9. The summed E-state index contributed by atoms with van der Waals surface area (Å²) in [6.45, 7) is 3.29. The lowest BCUT2D eigenvalue weighted by Gasteiger charge is -2.41. The zero-order valence-electron chi connectivity index (χ0n) is 12.6. The molecule has 0 amide bonds. The normalized spacial score (nSPS) is 28.2. The number of benzene rings is 1. The van der Waals surface area contributed by atoms with Gasteiger partial charge < -0.3 is 10.2 Å². The number of aromatic nitrogens is 1. The van der Waals surface area contributed by atoms with Crippen molar-refractivity contribution in [2.75, 3.05) is 11.4 Å². The Balaban J connectivity index is 1.70. The van der Waals surface area contributed by atoms with Crippen LogP contribution in [0.4, 0.5) is 5.69 Å². The van der Waals surface area contributed by atoms with E-state index in [9.17, 15) is 0 Å². The molecule has 2 fully saturated rings. The Morgan fingerprint density at radius 2 is 1.90 bits per heavy atom. The number of hydrogen-bond acceptors (Lipinski definition) is 3. The van der Waals surface area contributed by atoms with E-state index in [0.29, 0.717) is 18.1 Å². The third-order valence-electron chi connectivity index (χ3n) is 5.12. The second kappa shape index (κ2) is 5.30. The highest BCUT2D eigenvalue weighted by atomic mass is 15.2. The van der Waals surface area contributed by atoms with Crippen LogP contribution in [0.1, 0.15) is 32.6 Å². The van der Waals surface area contributed by atoms with Crippen LogP contribution in [0, 0.1) is 0 Å². The molecule has 2 aliphatic rings. The topological polar surface area (TPSA) is 28.2 Å². The molecular weight excluding hydrogens is 258 g/mol. The highest BCUT2D eigenvalue weighted by Gasteiger charge is 2.41. The first-order valence-corrected chi connectivity index (χ1v) is 8.22. The first-order chi connectivity index (χ1) is 10.4. The van der Waals surface area contributed by atoms with E-state index >= 15 is 0 Å². The fourth-order valence-electron chi connectivity index (χ4n) is 4.32. The Bertz CT molecular complexity index is 620. The average molecular weight is 281 g/mol. The largest absolute Gasteiger partial charge is 0.364 e. The number of para-hydroxylation sites is 1. The van der Waals surface area contributed by atoms with Crippen molar-refractivity contribution in [3.05, 3.63) is 36.5 Å². The SMILES string of the molecule is CCNC1CC2CCC(C1)N2c1cccc2cccnc12. The first kappa shape index (κ1) is 13.1. The van der Waals surface area contributed by atoms with E-state index in [0.717, 1.165) is 6.54 Å². The van der Waals surface area contributed by atoms with Gasteiger partial charge in [0.1, 0.15) is 0 Å². The highest BCUT2D eigenvalue weighted by molar-refractivity contribution is 5.91. The second-order valence-electron chi connectivity index (χ2n) is 6.37. The van der Waals surface area contributed by atoms with Gasteiger partial charge in [-0.15, -0.1) is 0 Å². The number of hydrogen-bond donors (Lipinski definition) is 1. The summed E-state index contributed by atoms with van der Waals surface area (Å²) >= 11 is 0. The number of piperidine rings is 1. The van der Waals surface area contributed by atoms with Crippen molar-refractivity contribution in [2.24, 2.45) is 0 Å². The van der Waals surface area contributed by atoms with Crippen LogP contribution in [0.5, 0.6) is 0 Å². The van der Waals surface area contributed by atoms with Crippen LogP contribution in [-0.4, -0.2) is 29.7 Å². The van der Waals surface area contributed by atoms with Gasteiger partial charge in [0.05, 0.1) is 11.2 Å². The van der Waals surface area contributed by atoms with Crippen molar-refractivity contribution >= 4 is 16.6 Å². The summed E-state index contributed by atoms with van der Waals surface area (Å²) in [4.78, 5) is 7.32. The quantitative estimate of drug-likeness (QED) is 0.935. The van der Waals surface area contributed by atoms with E-state index in [4.69, 9.17) is 0 Å². The minimum Gasteiger partial charge on any atom is -0.364 e. The summed E-state index contributed by atoms with van der Waals surface area (Å²) in [5.41, 5.74) is 2.51. The standard InChI is InChI=1S/C18H23N3/c1-2-19-14-11-15-8-9-16(12-14)21(15)17-7-3-5-13-6-4-10-20-18(13)17/h3-7,10,14-16,19H,2,8-9,11-12H2,1H3. The number of fused-ring (bicyclic) bond motifs is 3. The van der Waals surface area contributed by atoms with Crippen LogP contribution in [0.2, 0.25) is 0 Å². The van der Waals surface area contributed by atoms with Gasteiger partial charge in [0.25, 0.3) is 0 Å². The second-order valence-corrected chi connectivity index (χ2v) is 6.37. The molecule has 2 saturated heterocycles. The minimum absolute atomic E-state index is 0.681. The Kier molecular flexibility index (Phi) is 3.30. The number of rotatable bonds is 3. The van der Waals surface area contributed by atoms with Gasteiger partial charge in [0, 0.05) is 29.7 Å². The van der Waals surface area contributed by atoms with Crippen molar-refractivity contribution in [1.29, 1.82) is 0 Å². The van der Waals surface area contributed by atoms with E-state index in [1.165, 1.54) is 42.3 Å². The number of anilines is 1. The fraction of sp³-hybridized carbons (Fsp3) is 0.500. The van der Waals surface area contributed by atoms with Gasteiger partial charge in [0.2, 0.25) is 0 Å². The molecule has 3 heteroatoms. The summed E-state index contributed by atoms with van der Waals surface area (Å²) < 4.78 is 0. The van der Waals surface area contributed by atoms with Crippen molar-refractivity contribution in [2.45, 2.75) is 50.7 Å². The highest BCUT2D eigenvalue weighted by Crippen LogP contribution is 2.41. The average Bonchev–Trinajstić information content (AvgIpc) is 2.78. The van der Waals surface area contributed by atoms with Gasteiger partial charge in [0.15, 0.2) is 0 Å². The molecule has 2 bridgehead atoms. The molecule has 1 aromatic heterocycles. The summed E-state index contributed by atoms with van der Waals surface area (Å²) in [6.07, 6.45) is 7.12. The Morgan fingerprint density at radius 3 is 2.67 bits per heavy atom. The van der Waals surface area contributed by atoms with Crippen LogP contribution in [-0.2, 0) is 0 Å². The van der Waals surface area contributed by atoms with Gasteiger partial charge in [-0.2, -0.15) is 0 Å². The van der Waals surface area contributed by atoms with Crippen molar-refractivity contribution in [1.82, 2.24) is 10.3 Å². The molecule has 0 radical (unpaired) electrons. The Hall–Kier alpha value is -1.61. The lowest BCUT2D eigenvalue weighted by atomic mass is 9.96. The predicted octanol–water partition coefficient (Wildman–Crippen LogP) is 3.34. The third kappa shape index (κ3) is 2.20. The van der Waals surface area contributed by atoms with Crippen LogP contribution in [0.25, 0.3) is 10.9 Å². The molecule has 2 atom stereocenters. The van der Waals surface area contributed by atoms with Gasteiger partial charge >= 0.3 is 0 Å². The molecule has 2 unspecified atom stereocenters. The molecule has 1 N–H and O–H groups in total. The van der Waals surface area contributed by atoms with Crippen LogP contribution in [0.3, 0.4) is 0 Å². The molecular formula is C18H23N3. The number of pyridine rings is 1. The smallest absolute Gasteiger partial charge is 0.0935 e. The molecule has 3 heterocycles. The lowest BCUT2D eigenvalue weighted by Crippen LogP contribution is -2.49. The molecule has 2 aliphatic heterocycles. The zero-order valence-corrected chi connectivity index (χ0v) is 12.6. The molecule has 3 nitrogen and oxygen atoms in total. The molecule has 0 saturated carbocycles. The van der Waals surface area contributed by atoms with Gasteiger partial charge in [-0.1, -0.05) is 25.1 Å². The van der Waals surface area contributed by atoms with Gasteiger partial charge in [-0.25, -0.2) is 0 Å². The summed E-state index contributed by atoms with van der Waals surface area (Å²) in [7, 11) is 0. The molecule has 4 rings (SSSR count). The predicted molar refractivity (Wildman–Crippen MR) is 87.7 cm³/mol. The van der Waals surface area contributed by atoms with Crippen LogP contribution < -0.4 is 10.2 Å². The van der Waals surface area contributed by atoms with E-state index in [1.807, 2.05) is 12.3 Å². The molecule has 21 heavy (non-hydrogen) atoms. The van der Waals surface area contributed by atoms with E-state index in [-0.39, 0.29) is 0 Å². The van der Waals surface area contributed by atoms with E-state index in [1.54, 1.807) is 0 Å². The Morgan fingerprint density at radius 1 is 1.14 bits per heavy atom. The van der Waals surface area contributed by atoms with Crippen LogP contribution >= 0.6 is 0 Å². The van der Waals surface area contributed by atoms with Crippen molar-refractivity contribution < 1.29 is 0 Å². The molecule has 0 aliphatic carbocycles. The number of nitrogens with one attached hydrogen (secondary N) is 1. The Labute approximate surface area is 126 Å². The third-order valence-corrected chi connectivity index (χ3v) is 5.12. The van der Waals surface area contributed by atoms with Crippen molar-refractivity contribution in [3.63, 3.8) is 0 Å². The number of nitrogens with zero attached hydrogens (tertiary/aromatic N) is 2. The summed E-state index contributed by atoms with van der Waals surface area (Å²) in [5, 5.41) is 4.91. The fourth-order valence-corrected chi connectivity index (χ4v) is 4.32. The maximum absolute atomic E-state index is 4.65. The van der Waals surface area contributed by atoms with Gasteiger partial charge in [-0.3, -0.25) is 4.98 Å². The maximum atomic E-state index is 4.65. The van der Waals surface area contributed by atoms with Crippen LogP contribution in [0.15, 0.2) is 36.5 Å². The van der Waals surface area contributed by atoms with E-state index < -0.39 is 0 Å². The monoisotopic (exact) mass is 281 g/mol. The van der Waals surface area contributed by atoms with Gasteiger partial charge in [-0.05, 0) is 44.4 Å². The molecule has 1 aromatic carbocycles. The van der Waals surface area contributed by atoms with E-state index in [2.05, 4.69) is 46.4 Å². The molecule has 2 aromatic rings. The first-order valence-electron chi connectivity index (χ1n) is 8.22. The molecule has 110 valence electrons. The zero-order chi connectivity index (χ0) is 14.2. The lowest BCUT2D eigenvalue weighted by molar-refractivity contribution is 0.362. The minimum atomic E-state index is 0.681. The molecule has 0 spiro atoms. The summed E-state index contributed by atoms with van der Waals surface area (Å²) in [5.74, 6) is 0.